The van der Waals surface area contributed by atoms with Crippen molar-refractivity contribution in [3.8, 4) is 0 Å². The van der Waals surface area contributed by atoms with E-state index in [1.807, 2.05) is 19.2 Å². The van der Waals surface area contributed by atoms with Crippen LogP contribution in [-0.2, 0) is 0 Å². The third-order valence-electron chi connectivity index (χ3n) is 3.45. The molecule has 2 aromatic carbocycles. The molecule has 0 saturated carbocycles. The lowest BCUT2D eigenvalue weighted by Gasteiger charge is -2.19. The monoisotopic (exact) mass is 277 g/mol. The van der Waals surface area contributed by atoms with Crippen LogP contribution in [-0.4, -0.2) is 7.05 Å². The third kappa shape index (κ3) is 2.80. The van der Waals surface area contributed by atoms with Crippen LogP contribution >= 0.6 is 11.6 Å². The van der Waals surface area contributed by atoms with Crippen molar-refractivity contribution < 1.29 is 4.39 Å². The van der Waals surface area contributed by atoms with Crippen LogP contribution in [0.4, 0.5) is 4.39 Å². The molecular weight excluding hydrogens is 261 g/mol. The molecule has 0 amide bonds. The van der Waals surface area contributed by atoms with Crippen molar-refractivity contribution in [2.75, 3.05) is 7.05 Å². The minimum absolute atomic E-state index is 0.109. The molecule has 0 aliphatic carbocycles. The molecule has 1 nitrogen and oxygen atoms in total. The fraction of sp³-hybridized carbons (Fsp3) is 0.250. The fourth-order valence-electron chi connectivity index (χ4n) is 2.19. The smallest absolute Gasteiger partial charge is 0.142 e. The van der Waals surface area contributed by atoms with E-state index in [1.165, 1.54) is 17.2 Å². The highest BCUT2D eigenvalue weighted by Crippen LogP contribution is 2.30. The Labute approximate surface area is 118 Å². The van der Waals surface area contributed by atoms with Crippen LogP contribution in [0, 0.1) is 19.7 Å². The van der Waals surface area contributed by atoms with E-state index >= 15 is 0 Å². The lowest BCUT2D eigenvalue weighted by Crippen LogP contribution is -2.18. The van der Waals surface area contributed by atoms with Gasteiger partial charge in [-0.2, -0.15) is 0 Å². The first-order chi connectivity index (χ1) is 9.04. The van der Waals surface area contributed by atoms with Crippen molar-refractivity contribution in [1.29, 1.82) is 0 Å². The molecule has 0 bridgehead atoms. The topological polar surface area (TPSA) is 12.0 Å². The standard InChI is InChI=1S/C16H17ClFN/c1-10-7-8-12(9-11(10)2)16(19-3)13-5-4-6-14(18)15(13)17/h4-9,16,19H,1-3H3. The van der Waals surface area contributed by atoms with Gasteiger partial charge in [0.05, 0.1) is 11.1 Å². The van der Waals surface area contributed by atoms with Gasteiger partial charge in [0.1, 0.15) is 5.82 Å². The maximum absolute atomic E-state index is 13.6. The molecular formula is C16H17ClFN. The summed E-state index contributed by atoms with van der Waals surface area (Å²) >= 11 is 6.07. The van der Waals surface area contributed by atoms with E-state index in [0.29, 0.717) is 0 Å². The summed E-state index contributed by atoms with van der Waals surface area (Å²) in [5.74, 6) is -0.386. The number of nitrogens with one attached hydrogen (secondary N) is 1. The van der Waals surface area contributed by atoms with Gasteiger partial charge in [0.25, 0.3) is 0 Å². The molecule has 0 aliphatic rings. The molecule has 0 spiro atoms. The second-order valence-electron chi connectivity index (χ2n) is 4.71. The molecule has 100 valence electrons. The van der Waals surface area contributed by atoms with Gasteiger partial charge in [-0.15, -0.1) is 0 Å². The number of rotatable bonds is 3. The first kappa shape index (κ1) is 14.0. The number of hydrogen-bond acceptors (Lipinski definition) is 1. The molecule has 19 heavy (non-hydrogen) atoms. The summed E-state index contributed by atoms with van der Waals surface area (Å²) in [4.78, 5) is 0. The van der Waals surface area contributed by atoms with E-state index in [-0.39, 0.29) is 16.9 Å². The zero-order valence-electron chi connectivity index (χ0n) is 11.3. The van der Waals surface area contributed by atoms with E-state index in [2.05, 4.69) is 31.3 Å². The second-order valence-corrected chi connectivity index (χ2v) is 5.09. The van der Waals surface area contributed by atoms with Gasteiger partial charge in [0.2, 0.25) is 0 Å². The van der Waals surface area contributed by atoms with Crippen molar-refractivity contribution in [2.45, 2.75) is 19.9 Å². The Bertz CT molecular complexity index is 595. The van der Waals surface area contributed by atoms with E-state index in [4.69, 9.17) is 11.6 Å². The van der Waals surface area contributed by atoms with Gasteiger partial charge >= 0.3 is 0 Å². The van der Waals surface area contributed by atoms with Crippen molar-refractivity contribution in [3.63, 3.8) is 0 Å². The highest BCUT2D eigenvalue weighted by molar-refractivity contribution is 6.31. The van der Waals surface area contributed by atoms with E-state index < -0.39 is 0 Å². The molecule has 0 saturated heterocycles. The zero-order valence-corrected chi connectivity index (χ0v) is 12.1. The Balaban J connectivity index is 2.50. The van der Waals surface area contributed by atoms with Gasteiger partial charge in [-0.3, -0.25) is 0 Å². The SMILES string of the molecule is CNC(c1ccc(C)c(C)c1)c1cccc(F)c1Cl. The molecule has 0 fully saturated rings. The van der Waals surface area contributed by atoms with Crippen LogP contribution in [0.15, 0.2) is 36.4 Å². The van der Waals surface area contributed by atoms with Crippen LogP contribution < -0.4 is 5.32 Å². The minimum Gasteiger partial charge on any atom is -0.309 e. The Morgan fingerprint density at radius 2 is 1.84 bits per heavy atom. The van der Waals surface area contributed by atoms with Crippen LogP contribution in [0.2, 0.25) is 5.02 Å². The highest BCUT2D eigenvalue weighted by Gasteiger charge is 2.17. The Kier molecular flexibility index (Phi) is 4.23. The molecule has 1 N–H and O–H groups in total. The zero-order chi connectivity index (χ0) is 14.0. The molecule has 0 aliphatic heterocycles. The van der Waals surface area contributed by atoms with Crippen molar-refractivity contribution >= 4 is 11.6 Å². The maximum Gasteiger partial charge on any atom is 0.142 e. The van der Waals surface area contributed by atoms with Crippen LogP contribution in [0.1, 0.15) is 28.3 Å². The maximum atomic E-state index is 13.6. The van der Waals surface area contributed by atoms with Crippen LogP contribution in [0.3, 0.4) is 0 Å². The lowest BCUT2D eigenvalue weighted by molar-refractivity contribution is 0.617. The van der Waals surface area contributed by atoms with Crippen molar-refractivity contribution in [2.24, 2.45) is 0 Å². The molecule has 2 rings (SSSR count). The van der Waals surface area contributed by atoms with Gasteiger partial charge in [0.15, 0.2) is 0 Å². The van der Waals surface area contributed by atoms with Gasteiger partial charge in [-0.1, -0.05) is 41.9 Å². The molecule has 0 heterocycles. The van der Waals surface area contributed by atoms with Crippen molar-refractivity contribution in [1.82, 2.24) is 5.32 Å². The molecule has 2 aromatic rings. The molecule has 0 radical (unpaired) electrons. The summed E-state index contributed by atoms with van der Waals surface area (Å²) in [6, 6.07) is 11.0. The van der Waals surface area contributed by atoms with Gasteiger partial charge < -0.3 is 5.32 Å². The average Bonchev–Trinajstić information content (AvgIpc) is 2.39. The quantitative estimate of drug-likeness (QED) is 0.876. The predicted molar refractivity (Wildman–Crippen MR) is 78.2 cm³/mol. The minimum atomic E-state index is -0.386. The van der Waals surface area contributed by atoms with Gasteiger partial charge in [-0.05, 0) is 49.2 Å². The van der Waals surface area contributed by atoms with Gasteiger partial charge in [-0.25, -0.2) is 4.39 Å². The summed E-state index contributed by atoms with van der Waals surface area (Å²) < 4.78 is 13.6. The van der Waals surface area contributed by atoms with Crippen LogP contribution in [0.5, 0.6) is 0 Å². The highest BCUT2D eigenvalue weighted by atomic mass is 35.5. The van der Waals surface area contributed by atoms with Crippen molar-refractivity contribution in [3.05, 3.63) is 69.5 Å². The summed E-state index contributed by atoms with van der Waals surface area (Å²) in [5, 5.41) is 3.38. The number of halogens is 2. The fourth-order valence-corrected chi connectivity index (χ4v) is 2.42. The number of hydrogen-bond donors (Lipinski definition) is 1. The average molecular weight is 278 g/mol. The first-order valence-corrected chi connectivity index (χ1v) is 6.60. The molecule has 1 unspecified atom stereocenters. The van der Waals surface area contributed by atoms with E-state index in [9.17, 15) is 4.39 Å². The number of aryl methyl sites for hydroxylation is 2. The lowest BCUT2D eigenvalue weighted by atomic mass is 9.95. The second kappa shape index (κ2) is 5.72. The largest absolute Gasteiger partial charge is 0.309 e. The summed E-state index contributed by atoms with van der Waals surface area (Å²) in [5.41, 5.74) is 4.29. The summed E-state index contributed by atoms with van der Waals surface area (Å²) in [6.07, 6.45) is 0. The predicted octanol–water partition coefficient (Wildman–Crippen LogP) is 4.40. The third-order valence-corrected chi connectivity index (χ3v) is 3.84. The van der Waals surface area contributed by atoms with Crippen LogP contribution in [0.25, 0.3) is 0 Å². The summed E-state index contributed by atoms with van der Waals surface area (Å²) in [7, 11) is 1.85. The Morgan fingerprint density at radius 3 is 2.47 bits per heavy atom. The first-order valence-electron chi connectivity index (χ1n) is 6.23. The summed E-state index contributed by atoms with van der Waals surface area (Å²) in [6.45, 7) is 4.14. The van der Waals surface area contributed by atoms with E-state index in [0.717, 1.165) is 11.1 Å². The van der Waals surface area contributed by atoms with E-state index in [1.54, 1.807) is 6.07 Å². The Hall–Kier alpha value is -1.38. The molecule has 0 aromatic heterocycles. The molecule has 3 heteroatoms. The Morgan fingerprint density at radius 1 is 1.11 bits per heavy atom. The normalized spacial score (nSPS) is 12.5. The molecule has 1 atom stereocenters. The van der Waals surface area contributed by atoms with Gasteiger partial charge in [0, 0.05) is 0 Å². The number of benzene rings is 2.